The zero-order valence-electron chi connectivity index (χ0n) is 13.3. The molecule has 2 atom stereocenters. The average Bonchev–Trinajstić information content (AvgIpc) is 3.03. The Labute approximate surface area is 135 Å². The molecule has 1 heterocycles. The quantitative estimate of drug-likeness (QED) is 0.768. The van der Waals surface area contributed by atoms with Crippen molar-refractivity contribution in [3.05, 3.63) is 48.4 Å². The SMILES string of the molecule is CC1(N)CCCCC1c1nc(-c2cccc3ccccc23)no1. The van der Waals surface area contributed by atoms with Crippen LogP contribution in [0.25, 0.3) is 22.2 Å². The molecule has 1 aromatic heterocycles. The van der Waals surface area contributed by atoms with Crippen LogP contribution >= 0.6 is 0 Å². The van der Waals surface area contributed by atoms with E-state index in [0.29, 0.717) is 11.7 Å². The summed E-state index contributed by atoms with van der Waals surface area (Å²) in [5.74, 6) is 1.48. The largest absolute Gasteiger partial charge is 0.339 e. The van der Waals surface area contributed by atoms with Crippen molar-refractivity contribution < 1.29 is 4.52 Å². The first kappa shape index (κ1) is 14.4. The molecule has 1 aliphatic rings. The summed E-state index contributed by atoms with van der Waals surface area (Å²) in [5, 5.41) is 6.55. The van der Waals surface area contributed by atoms with Crippen molar-refractivity contribution in [2.75, 3.05) is 0 Å². The molecule has 1 saturated carbocycles. The number of hydrogen-bond donors (Lipinski definition) is 1. The maximum Gasteiger partial charge on any atom is 0.231 e. The maximum atomic E-state index is 6.46. The first-order valence-electron chi connectivity index (χ1n) is 8.26. The van der Waals surface area contributed by atoms with Gasteiger partial charge >= 0.3 is 0 Å². The van der Waals surface area contributed by atoms with Gasteiger partial charge in [-0.1, -0.05) is 60.5 Å². The van der Waals surface area contributed by atoms with Gasteiger partial charge in [-0.25, -0.2) is 0 Å². The highest BCUT2D eigenvalue weighted by Crippen LogP contribution is 2.39. The Morgan fingerprint density at radius 3 is 2.83 bits per heavy atom. The van der Waals surface area contributed by atoms with Crippen molar-refractivity contribution in [1.82, 2.24) is 10.1 Å². The lowest BCUT2D eigenvalue weighted by Gasteiger charge is -2.35. The van der Waals surface area contributed by atoms with Gasteiger partial charge in [0.25, 0.3) is 0 Å². The molecule has 2 aromatic carbocycles. The lowest BCUT2D eigenvalue weighted by Crippen LogP contribution is -2.44. The average molecular weight is 307 g/mol. The lowest BCUT2D eigenvalue weighted by atomic mass is 9.74. The minimum atomic E-state index is -0.263. The molecule has 0 aliphatic heterocycles. The van der Waals surface area contributed by atoms with E-state index in [4.69, 9.17) is 15.2 Å². The Balaban J connectivity index is 1.75. The molecule has 23 heavy (non-hydrogen) atoms. The number of fused-ring (bicyclic) bond motifs is 1. The van der Waals surface area contributed by atoms with Crippen LogP contribution in [-0.4, -0.2) is 15.7 Å². The van der Waals surface area contributed by atoms with E-state index in [-0.39, 0.29) is 11.5 Å². The summed E-state index contributed by atoms with van der Waals surface area (Å²) < 4.78 is 5.60. The van der Waals surface area contributed by atoms with Crippen LogP contribution in [0.15, 0.2) is 47.0 Å². The molecule has 4 heteroatoms. The van der Waals surface area contributed by atoms with E-state index in [1.807, 2.05) is 24.3 Å². The van der Waals surface area contributed by atoms with Crippen molar-refractivity contribution in [3.8, 4) is 11.4 Å². The van der Waals surface area contributed by atoms with Crippen LogP contribution in [0.1, 0.15) is 44.4 Å². The highest BCUT2D eigenvalue weighted by atomic mass is 16.5. The van der Waals surface area contributed by atoms with Crippen molar-refractivity contribution in [1.29, 1.82) is 0 Å². The predicted molar refractivity (Wildman–Crippen MR) is 91.0 cm³/mol. The highest BCUT2D eigenvalue weighted by Gasteiger charge is 2.37. The zero-order valence-corrected chi connectivity index (χ0v) is 13.3. The Hall–Kier alpha value is -2.20. The van der Waals surface area contributed by atoms with Crippen LogP contribution in [0.3, 0.4) is 0 Å². The molecule has 0 saturated heterocycles. The van der Waals surface area contributed by atoms with Gasteiger partial charge in [0, 0.05) is 11.1 Å². The van der Waals surface area contributed by atoms with Gasteiger partial charge in [-0.3, -0.25) is 0 Å². The first-order chi connectivity index (χ1) is 11.1. The summed E-state index contributed by atoms with van der Waals surface area (Å²) >= 11 is 0. The van der Waals surface area contributed by atoms with Gasteiger partial charge < -0.3 is 10.3 Å². The van der Waals surface area contributed by atoms with Crippen LogP contribution < -0.4 is 5.73 Å². The summed E-state index contributed by atoms with van der Waals surface area (Å²) in [4.78, 5) is 4.69. The van der Waals surface area contributed by atoms with Crippen LogP contribution in [-0.2, 0) is 0 Å². The first-order valence-corrected chi connectivity index (χ1v) is 8.26. The third-order valence-corrected chi connectivity index (χ3v) is 5.02. The van der Waals surface area contributed by atoms with Crippen molar-refractivity contribution >= 4 is 10.8 Å². The van der Waals surface area contributed by atoms with Gasteiger partial charge in [0.15, 0.2) is 0 Å². The number of hydrogen-bond acceptors (Lipinski definition) is 4. The molecule has 0 spiro atoms. The molecule has 2 N–H and O–H groups in total. The Bertz CT molecular complexity index is 832. The summed E-state index contributed by atoms with van der Waals surface area (Å²) in [6.45, 7) is 2.10. The minimum absolute atomic E-state index is 0.146. The van der Waals surface area contributed by atoms with E-state index in [1.54, 1.807) is 0 Å². The summed E-state index contributed by atoms with van der Waals surface area (Å²) in [7, 11) is 0. The standard InChI is InChI=1S/C19H21N3O/c1-19(20)12-5-4-11-16(19)18-21-17(22-23-18)15-10-6-8-13-7-2-3-9-14(13)15/h2-3,6-10,16H,4-5,11-12,20H2,1H3. The fourth-order valence-corrected chi connectivity index (χ4v) is 3.67. The van der Waals surface area contributed by atoms with E-state index < -0.39 is 0 Å². The highest BCUT2D eigenvalue weighted by molar-refractivity contribution is 5.94. The van der Waals surface area contributed by atoms with Crippen LogP contribution in [0.2, 0.25) is 0 Å². The normalized spacial score (nSPS) is 24.9. The Morgan fingerprint density at radius 2 is 1.96 bits per heavy atom. The van der Waals surface area contributed by atoms with Gasteiger partial charge in [-0.15, -0.1) is 0 Å². The second-order valence-electron chi connectivity index (χ2n) is 6.79. The van der Waals surface area contributed by atoms with Crippen LogP contribution in [0, 0.1) is 0 Å². The molecular weight excluding hydrogens is 286 g/mol. The lowest BCUT2D eigenvalue weighted by molar-refractivity contribution is 0.223. The molecule has 4 nitrogen and oxygen atoms in total. The van der Waals surface area contributed by atoms with Gasteiger partial charge in [-0.05, 0) is 30.5 Å². The van der Waals surface area contributed by atoms with Crippen molar-refractivity contribution in [3.63, 3.8) is 0 Å². The molecular formula is C19H21N3O. The van der Waals surface area contributed by atoms with Gasteiger partial charge in [-0.2, -0.15) is 4.98 Å². The number of aromatic nitrogens is 2. The maximum absolute atomic E-state index is 6.46. The number of nitrogens with two attached hydrogens (primary N) is 1. The summed E-state index contributed by atoms with van der Waals surface area (Å²) in [6.07, 6.45) is 4.37. The van der Waals surface area contributed by atoms with Gasteiger partial charge in [0.1, 0.15) is 0 Å². The minimum Gasteiger partial charge on any atom is -0.339 e. The topological polar surface area (TPSA) is 64.9 Å². The number of benzene rings is 2. The predicted octanol–water partition coefficient (Wildman–Crippen LogP) is 4.26. The Kier molecular flexibility index (Phi) is 3.42. The van der Waals surface area contributed by atoms with Crippen molar-refractivity contribution in [2.24, 2.45) is 5.73 Å². The molecule has 1 aliphatic carbocycles. The smallest absolute Gasteiger partial charge is 0.231 e. The van der Waals surface area contributed by atoms with E-state index in [9.17, 15) is 0 Å². The molecule has 0 amide bonds. The molecule has 4 rings (SSSR count). The van der Waals surface area contributed by atoms with Crippen LogP contribution in [0.5, 0.6) is 0 Å². The van der Waals surface area contributed by atoms with Crippen LogP contribution in [0.4, 0.5) is 0 Å². The van der Waals surface area contributed by atoms with E-state index in [0.717, 1.165) is 23.8 Å². The van der Waals surface area contributed by atoms with E-state index in [2.05, 4.69) is 30.3 Å². The number of nitrogens with zero attached hydrogens (tertiary/aromatic N) is 2. The molecule has 0 bridgehead atoms. The summed E-state index contributed by atoms with van der Waals surface area (Å²) in [5.41, 5.74) is 7.21. The van der Waals surface area contributed by atoms with Gasteiger partial charge in [0.2, 0.25) is 11.7 Å². The van der Waals surface area contributed by atoms with Gasteiger partial charge in [0.05, 0.1) is 5.92 Å². The third-order valence-electron chi connectivity index (χ3n) is 5.02. The Morgan fingerprint density at radius 1 is 1.13 bits per heavy atom. The molecule has 2 unspecified atom stereocenters. The number of rotatable bonds is 2. The monoisotopic (exact) mass is 307 g/mol. The van der Waals surface area contributed by atoms with E-state index in [1.165, 1.54) is 18.2 Å². The third kappa shape index (κ3) is 2.53. The summed E-state index contributed by atoms with van der Waals surface area (Å²) in [6, 6.07) is 14.4. The molecule has 0 radical (unpaired) electrons. The second kappa shape index (κ2) is 5.46. The molecule has 1 fully saturated rings. The fraction of sp³-hybridized carbons (Fsp3) is 0.368. The second-order valence-corrected chi connectivity index (χ2v) is 6.79. The van der Waals surface area contributed by atoms with Crippen molar-refractivity contribution in [2.45, 2.75) is 44.1 Å². The van der Waals surface area contributed by atoms with E-state index >= 15 is 0 Å². The zero-order chi connectivity index (χ0) is 15.9. The molecule has 118 valence electrons. The fourth-order valence-electron chi connectivity index (χ4n) is 3.67. The molecule has 3 aromatic rings.